The van der Waals surface area contributed by atoms with Crippen LogP contribution in [0.4, 0.5) is 0 Å². The number of hydrogen-bond donors (Lipinski definition) is 1. The van der Waals surface area contributed by atoms with Gasteiger partial charge in [0, 0.05) is 0 Å². The van der Waals surface area contributed by atoms with Crippen LogP contribution >= 0.6 is 23.2 Å². The predicted molar refractivity (Wildman–Crippen MR) is 59.2 cm³/mol. The van der Waals surface area contributed by atoms with Crippen LogP contribution in [0.2, 0.25) is 10.0 Å². The van der Waals surface area contributed by atoms with Crippen LogP contribution in [0.5, 0.6) is 0 Å². The minimum atomic E-state index is 0.580. The van der Waals surface area contributed by atoms with Crippen LogP contribution < -0.4 is 5.73 Å². The molecule has 1 nitrogen and oxygen atoms in total. The van der Waals surface area contributed by atoms with Crippen molar-refractivity contribution >= 4 is 29.3 Å². The highest BCUT2D eigenvalue weighted by molar-refractivity contribution is 6.42. The van der Waals surface area contributed by atoms with Gasteiger partial charge in [-0.1, -0.05) is 47.5 Å². The molecule has 1 aromatic carbocycles. The van der Waals surface area contributed by atoms with Gasteiger partial charge >= 0.3 is 0 Å². The van der Waals surface area contributed by atoms with Crippen LogP contribution in [0.3, 0.4) is 0 Å². The molecule has 1 rings (SSSR count). The second-order valence-electron chi connectivity index (χ2n) is 2.62. The highest BCUT2D eigenvalue weighted by Gasteiger charge is 1.99. The molecule has 13 heavy (non-hydrogen) atoms. The van der Waals surface area contributed by atoms with Crippen molar-refractivity contribution in [3.05, 3.63) is 39.9 Å². The molecular weight excluding hydrogens is 205 g/mol. The standard InChI is InChI=1S/C10H11Cl2N/c11-9-6-3-5-8(10(9)12)4-1-2-7-13/h1,3-6H,2,7,13H2. The molecule has 0 aliphatic carbocycles. The molecule has 0 amide bonds. The van der Waals surface area contributed by atoms with Crippen molar-refractivity contribution in [2.75, 3.05) is 6.54 Å². The van der Waals surface area contributed by atoms with E-state index in [-0.39, 0.29) is 0 Å². The Labute approximate surface area is 88.1 Å². The smallest absolute Gasteiger partial charge is 0.0664 e. The van der Waals surface area contributed by atoms with E-state index in [9.17, 15) is 0 Å². The summed E-state index contributed by atoms with van der Waals surface area (Å²) in [7, 11) is 0. The third-order valence-electron chi connectivity index (χ3n) is 1.61. The summed E-state index contributed by atoms with van der Waals surface area (Å²) in [6.07, 6.45) is 4.77. The maximum Gasteiger partial charge on any atom is 0.0664 e. The first-order valence-corrected chi connectivity index (χ1v) is 4.82. The minimum absolute atomic E-state index is 0.580. The highest BCUT2D eigenvalue weighted by atomic mass is 35.5. The summed E-state index contributed by atoms with van der Waals surface area (Å²) in [6, 6.07) is 5.56. The van der Waals surface area contributed by atoms with Crippen molar-refractivity contribution in [2.45, 2.75) is 6.42 Å². The first-order chi connectivity index (χ1) is 6.25. The van der Waals surface area contributed by atoms with Crippen LogP contribution in [0.15, 0.2) is 24.3 Å². The van der Waals surface area contributed by atoms with Crippen LogP contribution in [-0.2, 0) is 0 Å². The summed E-state index contributed by atoms with van der Waals surface area (Å²) in [5.74, 6) is 0. The molecule has 2 N–H and O–H groups in total. The van der Waals surface area contributed by atoms with E-state index in [4.69, 9.17) is 28.9 Å². The summed E-state index contributed by atoms with van der Waals surface area (Å²) in [6.45, 7) is 0.648. The van der Waals surface area contributed by atoms with E-state index in [1.165, 1.54) is 0 Å². The topological polar surface area (TPSA) is 26.0 Å². The SMILES string of the molecule is NCCC=Cc1cccc(Cl)c1Cl. The predicted octanol–water partition coefficient (Wildman–Crippen LogP) is 3.36. The highest BCUT2D eigenvalue weighted by Crippen LogP contribution is 2.26. The molecule has 0 aliphatic heterocycles. The number of halogens is 2. The monoisotopic (exact) mass is 215 g/mol. The van der Waals surface area contributed by atoms with E-state index < -0.39 is 0 Å². The molecule has 0 fully saturated rings. The molecule has 0 radical (unpaired) electrons. The van der Waals surface area contributed by atoms with Crippen molar-refractivity contribution in [1.29, 1.82) is 0 Å². The number of hydrogen-bond acceptors (Lipinski definition) is 1. The van der Waals surface area contributed by atoms with Gasteiger partial charge in [-0.3, -0.25) is 0 Å². The summed E-state index contributed by atoms with van der Waals surface area (Å²) < 4.78 is 0. The largest absolute Gasteiger partial charge is 0.330 e. The normalized spacial score (nSPS) is 11.0. The van der Waals surface area contributed by atoms with Gasteiger partial charge < -0.3 is 5.73 Å². The van der Waals surface area contributed by atoms with Crippen LogP contribution in [0.25, 0.3) is 6.08 Å². The summed E-state index contributed by atoms with van der Waals surface area (Å²) in [5, 5.41) is 1.18. The van der Waals surface area contributed by atoms with E-state index in [2.05, 4.69) is 0 Å². The molecule has 0 bridgehead atoms. The zero-order chi connectivity index (χ0) is 9.68. The van der Waals surface area contributed by atoms with Gasteiger partial charge in [0.2, 0.25) is 0 Å². The molecule has 70 valence electrons. The lowest BCUT2D eigenvalue weighted by atomic mass is 10.2. The van der Waals surface area contributed by atoms with E-state index in [0.717, 1.165) is 12.0 Å². The zero-order valence-corrected chi connectivity index (χ0v) is 8.65. The van der Waals surface area contributed by atoms with Gasteiger partial charge in [-0.2, -0.15) is 0 Å². The van der Waals surface area contributed by atoms with Gasteiger partial charge in [-0.25, -0.2) is 0 Å². The second kappa shape index (κ2) is 5.28. The fourth-order valence-electron chi connectivity index (χ4n) is 0.956. The molecule has 0 saturated heterocycles. The molecule has 0 saturated carbocycles. The average Bonchev–Trinajstić information content (AvgIpc) is 2.13. The van der Waals surface area contributed by atoms with Gasteiger partial charge in [-0.05, 0) is 24.6 Å². The average molecular weight is 216 g/mol. The van der Waals surface area contributed by atoms with E-state index in [1.54, 1.807) is 6.07 Å². The lowest BCUT2D eigenvalue weighted by molar-refractivity contribution is 1.01. The van der Waals surface area contributed by atoms with Gasteiger partial charge in [0.25, 0.3) is 0 Å². The first-order valence-electron chi connectivity index (χ1n) is 4.06. The number of rotatable bonds is 3. The summed E-state index contributed by atoms with van der Waals surface area (Å²) in [5.41, 5.74) is 6.28. The van der Waals surface area contributed by atoms with Crippen molar-refractivity contribution < 1.29 is 0 Å². The van der Waals surface area contributed by atoms with Crippen LogP contribution in [0.1, 0.15) is 12.0 Å². The maximum atomic E-state index is 5.96. The fourth-order valence-corrected chi connectivity index (χ4v) is 1.33. The Morgan fingerprint density at radius 2 is 2.08 bits per heavy atom. The molecule has 0 unspecified atom stereocenters. The van der Waals surface area contributed by atoms with E-state index in [1.807, 2.05) is 24.3 Å². The Hall–Kier alpha value is -0.500. The Balaban J connectivity index is 2.83. The van der Waals surface area contributed by atoms with Crippen molar-refractivity contribution in [2.24, 2.45) is 5.73 Å². The minimum Gasteiger partial charge on any atom is -0.330 e. The lowest BCUT2D eigenvalue weighted by Gasteiger charge is -1.99. The molecule has 1 aromatic rings. The van der Waals surface area contributed by atoms with Crippen LogP contribution in [0, 0.1) is 0 Å². The molecule has 0 aliphatic rings. The summed E-state index contributed by atoms with van der Waals surface area (Å²) in [4.78, 5) is 0. The van der Waals surface area contributed by atoms with Gasteiger partial charge in [0.1, 0.15) is 0 Å². The summed E-state index contributed by atoms with van der Waals surface area (Å²) >= 11 is 11.8. The van der Waals surface area contributed by atoms with Gasteiger partial charge in [-0.15, -0.1) is 0 Å². The molecule has 0 aromatic heterocycles. The Morgan fingerprint density at radius 3 is 2.77 bits per heavy atom. The first kappa shape index (κ1) is 10.6. The molecule has 0 heterocycles. The molecule has 0 spiro atoms. The Kier molecular flexibility index (Phi) is 4.29. The van der Waals surface area contributed by atoms with Gasteiger partial charge in [0.05, 0.1) is 10.0 Å². The van der Waals surface area contributed by atoms with Crippen LogP contribution in [-0.4, -0.2) is 6.54 Å². The fraction of sp³-hybridized carbons (Fsp3) is 0.200. The van der Waals surface area contributed by atoms with Crippen molar-refractivity contribution in [3.8, 4) is 0 Å². The van der Waals surface area contributed by atoms with E-state index in [0.29, 0.717) is 16.6 Å². The van der Waals surface area contributed by atoms with Gasteiger partial charge in [0.15, 0.2) is 0 Å². The van der Waals surface area contributed by atoms with Crippen molar-refractivity contribution in [3.63, 3.8) is 0 Å². The number of nitrogens with two attached hydrogens (primary N) is 1. The zero-order valence-electron chi connectivity index (χ0n) is 7.13. The molecule has 0 atom stereocenters. The third kappa shape index (κ3) is 3.03. The maximum absolute atomic E-state index is 5.96. The van der Waals surface area contributed by atoms with Crippen molar-refractivity contribution in [1.82, 2.24) is 0 Å². The molecular formula is C10H11Cl2N. The second-order valence-corrected chi connectivity index (χ2v) is 3.41. The van der Waals surface area contributed by atoms with E-state index >= 15 is 0 Å². The third-order valence-corrected chi connectivity index (χ3v) is 2.45. The number of benzene rings is 1. The quantitative estimate of drug-likeness (QED) is 0.823. The molecule has 3 heteroatoms. The Morgan fingerprint density at radius 1 is 1.31 bits per heavy atom. The Bertz CT molecular complexity index is 308. The lowest BCUT2D eigenvalue weighted by Crippen LogP contribution is -1.94.